The maximum absolute atomic E-state index is 12.9. The Hall–Kier alpha value is -0.910. The van der Waals surface area contributed by atoms with E-state index in [9.17, 15) is 4.79 Å². The first-order valence-electron chi connectivity index (χ1n) is 8.71. The first-order valence-corrected chi connectivity index (χ1v) is 9.59. The molecule has 0 saturated carbocycles. The van der Waals surface area contributed by atoms with E-state index < -0.39 is 0 Å². The molecular weight excluding hydrogens is 308 g/mol. The number of ether oxygens (including phenoxy) is 1. The van der Waals surface area contributed by atoms with Crippen LogP contribution in [-0.2, 0) is 16.1 Å². The summed E-state index contributed by atoms with van der Waals surface area (Å²) in [7, 11) is 0. The third kappa shape index (κ3) is 4.55. The lowest BCUT2D eigenvalue weighted by molar-refractivity contribution is -0.145. The van der Waals surface area contributed by atoms with E-state index in [0.717, 1.165) is 52.0 Å². The Bertz CT molecular complexity index is 515. The van der Waals surface area contributed by atoms with E-state index >= 15 is 0 Å². The molecule has 0 bridgehead atoms. The van der Waals surface area contributed by atoms with Gasteiger partial charge in [0.2, 0.25) is 5.91 Å². The molecule has 3 rings (SSSR count). The first kappa shape index (κ1) is 16.9. The molecule has 0 aliphatic carbocycles. The lowest BCUT2D eigenvalue weighted by Gasteiger charge is -2.37. The maximum Gasteiger partial charge on any atom is 0.225 e. The Morgan fingerprint density at radius 2 is 2.22 bits per heavy atom. The van der Waals surface area contributed by atoms with Crippen molar-refractivity contribution in [2.45, 2.75) is 45.3 Å². The Morgan fingerprint density at radius 3 is 2.96 bits per heavy atom. The van der Waals surface area contributed by atoms with Crippen molar-refractivity contribution in [2.75, 3.05) is 32.8 Å². The molecule has 4 nitrogen and oxygen atoms in total. The van der Waals surface area contributed by atoms with Crippen LogP contribution in [0.1, 0.15) is 38.0 Å². The summed E-state index contributed by atoms with van der Waals surface area (Å²) in [6.45, 7) is 9.75. The summed E-state index contributed by atoms with van der Waals surface area (Å²) in [5, 5.41) is 2.13. The smallest absolute Gasteiger partial charge is 0.225 e. The molecule has 128 valence electrons. The SMILES string of the molecule is CC1(C)C[C@H](C(=O)N2CCCN(Cc3cccs3)CC2)CCO1. The molecule has 2 fully saturated rings. The van der Waals surface area contributed by atoms with Crippen molar-refractivity contribution >= 4 is 17.2 Å². The summed E-state index contributed by atoms with van der Waals surface area (Å²) in [6, 6.07) is 4.31. The third-order valence-electron chi connectivity index (χ3n) is 4.91. The fourth-order valence-electron chi connectivity index (χ4n) is 3.67. The van der Waals surface area contributed by atoms with Gasteiger partial charge in [-0.15, -0.1) is 11.3 Å². The minimum Gasteiger partial charge on any atom is -0.376 e. The number of hydrogen-bond acceptors (Lipinski definition) is 4. The Kier molecular flexibility index (Phi) is 5.39. The van der Waals surface area contributed by atoms with Crippen LogP contribution in [0.3, 0.4) is 0 Å². The summed E-state index contributed by atoms with van der Waals surface area (Å²) < 4.78 is 5.76. The number of nitrogens with zero attached hydrogens (tertiary/aromatic N) is 2. The molecule has 23 heavy (non-hydrogen) atoms. The second-order valence-corrected chi connectivity index (χ2v) is 8.36. The van der Waals surface area contributed by atoms with Crippen LogP contribution in [0, 0.1) is 5.92 Å². The molecule has 1 atom stereocenters. The van der Waals surface area contributed by atoms with E-state index in [1.54, 1.807) is 0 Å². The number of hydrogen-bond donors (Lipinski definition) is 0. The van der Waals surface area contributed by atoms with Crippen molar-refractivity contribution in [3.8, 4) is 0 Å². The molecule has 0 spiro atoms. The van der Waals surface area contributed by atoms with Crippen LogP contribution in [-0.4, -0.2) is 54.1 Å². The lowest BCUT2D eigenvalue weighted by Crippen LogP contribution is -2.44. The molecule has 0 radical (unpaired) electrons. The molecule has 1 aromatic heterocycles. The van der Waals surface area contributed by atoms with Crippen LogP contribution >= 0.6 is 11.3 Å². The molecule has 2 aliphatic rings. The highest BCUT2D eigenvalue weighted by molar-refractivity contribution is 7.09. The lowest BCUT2D eigenvalue weighted by atomic mass is 9.87. The van der Waals surface area contributed by atoms with Gasteiger partial charge in [-0.1, -0.05) is 6.07 Å². The van der Waals surface area contributed by atoms with E-state index in [1.807, 2.05) is 11.3 Å². The van der Waals surface area contributed by atoms with Crippen LogP contribution < -0.4 is 0 Å². The van der Waals surface area contributed by atoms with Gasteiger partial charge in [-0.05, 0) is 44.6 Å². The van der Waals surface area contributed by atoms with Crippen LogP contribution in [0.4, 0.5) is 0 Å². The van der Waals surface area contributed by atoms with Gasteiger partial charge in [0, 0.05) is 50.1 Å². The van der Waals surface area contributed by atoms with Crippen LogP contribution in [0.2, 0.25) is 0 Å². The van der Waals surface area contributed by atoms with Gasteiger partial charge in [0.25, 0.3) is 0 Å². The van der Waals surface area contributed by atoms with E-state index in [-0.39, 0.29) is 11.5 Å². The Morgan fingerprint density at radius 1 is 1.35 bits per heavy atom. The number of carbonyl (C=O) groups excluding carboxylic acids is 1. The van der Waals surface area contributed by atoms with Gasteiger partial charge >= 0.3 is 0 Å². The van der Waals surface area contributed by atoms with Gasteiger partial charge in [-0.2, -0.15) is 0 Å². The van der Waals surface area contributed by atoms with Crippen molar-refractivity contribution in [2.24, 2.45) is 5.92 Å². The quantitative estimate of drug-likeness (QED) is 0.851. The first-order chi connectivity index (χ1) is 11.0. The average Bonchev–Trinajstić information content (AvgIpc) is 2.90. The number of rotatable bonds is 3. The monoisotopic (exact) mass is 336 g/mol. The largest absolute Gasteiger partial charge is 0.376 e. The van der Waals surface area contributed by atoms with Crippen molar-refractivity contribution in [1.82, 2.24) is 9.80 Å². The van der Waals surface area contributed by atoms with Gasteiger partial charge in [-0.3, -0.25) is 9.69 Å². The molecule has 1 aromatic rings. The summed E-state index contributed by atoms with van der Waals surface area (Å²) >= 11 is 1.82. The Balaban J connectivity index is 1.54. The number of amides is 1. The minimum absolute atomic E-state index is 0.141. The zero-order valence-corrected chi connectivity index (χ0v) is 15.1. The molecule has 2 saturated heterocycles. The van der Waals surface area contributed by atoms with Crippen LogP contribution in [0.5, 0.6) is 0 Å². The number of carbonyl (C=O) groups is 1. The van der Waals surface area contributed by atoms with Crippen LogP contribution in [0.15, 0.2) is 17.5 Å². The molecule has 3 heterocycles. The molecule has 2 aliphatic heterocycles. The number of thiophene rings is 1. The second-order valence-electron chi connectivity index (χ2n) is 7.33. The zero-order valence-electron chi connectivity index (χ0n) is 14.3. The van der Waals surface area contributed by atoms with Gasteiger partial charge in [0.15, 0.2) is 0 Å². The molecular formula is C18H28N2O2S. The van der Waals surface area contributed by atoms with E-state index in [4.69, 9.17) is 4.74 Å². The van der Waals surface area contributed by atoms with Crippen molar-refractivity contribution in [3.05, 3.63) is 22.4 Å². The highest BCUT2D eigenvalue weighted by atomic mass is 32.1. The minimum atomic E-state index is -0.157. The third-order valence-corrected chi connectivity index (χ3v) is 5.77. The summed E-state index contributed by atoms with van der Waals surface area (Å²) in [5.74, 6) is 0.488. The van der Waals surface area contributed by atoms with Crippen LogP contribution in [0.25, 0.3) is 0 Å². The van der Waals surface area contributed by atoms with E-state index in [2.05, 4.69) is 41.2 Å². The van der Waals surface area contributed by atoms with Gasteiger partial charge in [-0.25, -0.2) is 0 Å². The average molecular weight is 337 g/mol. The van der Waals surface area contributed by atoms with Crippen molar-refractivity contribution < 1.29 is 9.53 Å². The van der Waals surface area contributed by atoms with Crippen molar-refractivity contribution in [3.63, 3.8) is 0 Å². The van der Waals surface area contributed by atoms with Gasteiger partial charge < -0.3 is 9.64 Å². The topological polar surface area (TPSA) is 32.8 Å². The summed E-state index contributed by atoms with van der Waals surface area (Å²) in [6.07, 6.45) is 2.79. The summed E-state index contributed by atoms with van der Waals surface area (Å²) in [4.78, 5) is 18.9. The highest BCUT2D eigenvalue weighted by Gasteiger charge is 2.35. The molecule has 0 unspecified atom stereocenters. The zero-order chi connectivity index (χ0) is 16.3. The highest BCUT2D eigenvalue weighted by Crippen LogP contribution is 2.30. The van der Waals surface area contributed by atoms with E-state index in [0.29, 0.717) is 12.5 Å². The maximum atomic E-state index is 12.9. The molecule has 0 aromatic carbocycles. The second kappa shape index (κ2) is 7.32. The fourth-order valence-corrected chi connectivity index (χ4v) is 4.42. The molecule has 0 N–H and O–H groups in total. The predicted molar refractivity (Wildman–Crippen MR) is 93.5 cm³/mol. The standard InChI is InChI=1S/C18H28N2O2S/c1-18(2)13-15(6-11-22-18)17(21)20-8-4-7-19(9-10-20)14-16-5-3-12-23-16/h3,5,12,15H,4,6-11,13-14H2,1-2H3/t15-/m1/s1. The molecule has 1 amide bonds. The predicted octanol–water partition coefficient (Wildman–Crippen LogP) is 2.99. The van der Waals surface area contributed by atoms with Crippen molar-refractivity contribution in [1.29, 1.82) is 0 Å². The molecule has 5 heteroatoms. The fraction of sp³-hybridized carbons (Fsp3) is 0.722. The van der Waals surface area contributed by atoms with E-state index in [1.165, 1.54) is 4.88 Å². The van der Waals surface area contributed by atoms with Gasteiger partial charge in [0.1, 0.15) is 0 Å². The van der Waals surface area contributed by atoms with Gasteiger partial charge in [0.05, 0.1) is 5.60 Å². The summed E-state index contributed by atoms with van der Waals surface area (Å²) in [5.41, 5.74) is -0.157. The Labute approximate surface area is 143 Å². The normalized spacial score (nSPS) is 26.0.